The van der Waals surface area contributed by atoms with Gasteiger partial charge in [-0.05, 0) is 38.1 Å². The molecule has 0 radical (unpaired) electrons. The Morgan fingerprint density at radius 1 is 1.10 bits per heavy atom. The molecule has 4 nitrogen and oxygen atoms in total. The predicted octanol–water partition coefficient (Wildman–Crippen LogP) is 3.57. The molecule has 0 aliphatic rings. The molecule has 2 aromatic carbocycles. The zero-order valence-electron chi connectivity index (χ0n) is 12.0. The van der Waals surface area contributed by atoms with Gasteiger partial charge in [0.15, 0.2) is 0 Å². The average Bonchev–Trinajstić information content (AvgIpc) is 2.48. The van der Waals surface area contributed by atoms with Gasteiger partial charge in [-0.3, -0.25) is 4.79 Å². The van der Waals surface area contributed by atoms with E-state index in [0.29, 0.717) is 11.3 Å². The van der Waals surface area contributed by atoms with Gasteiger partial charge < -0.3 is 9.84 Å². The highest BCUT2D eigenvalue weighted by atomic mass is 16.5. The molecule has 4 heteroatoms. The lowest BCUT2D eigenvalue weighted by Gasteiger charge is -2.04. The third kappa shape index (κ3) is 6.90. The molecule has 0 heterocycles. The average molecular weight is 283 g/mol. The predicted molar refractivity (Wildman–Crippen MR) is 80.3 cm³/mol. The van der Waals surface area contributed by atoms with Crippen molar-refractivity contribution >= 4 is 6.29 Å². The van der Waals surface area contributed by atoms with Crippen LogP contribution in [-0.2, 0) is 0 Å². The van der Waals surface area contributed by atoms with Crippen molar-refractivity contribution in [3.63, 3.8) is 0 Å². The Morgan fingerprint density at radius 3 is 2.19 bits per heavy atom. The first-order chi connectivity index (χ1) is 9.94. The van der Waals surface area contributed by atoms with E-state index in [1.54, 1.807) is 24.3 Å². The van der Waals surface area contributed by atoms with Crippen molar-refractivity contribution in [2.45, 2.75) is 19.4 Å². The molecule has 0 atom stereocenters. The summed E-state index contributed by atoms with van der Waals surface area (Å²) < 4.78 is 5.56. The lowest BCUT2D eigenvalue weighted by molar-refractivity contribution is 0.112. The monoisotopic (exact) mass is 283 g/mol. The number of nitriles is 1. The molecule has 0 aliphatic carbocycles. The number of aldehydes is 1. The van der Waals surface area contributed by atoms with Crippen LogP contribution < -0.4 is 4.74 Å². The molecule has 0 aromatic heterocycles. The Labute approximate surface area is 124 Å². The Balaban J connectivity index is 0.000000315. The van der Waals surface area contributed by atoms with E-state index in [9.17, 15) is 4.79 Å². The van der Waals surface area contributed by atoms with Crippen LogP contribution in [0.2, 0.25) is 0 Å². The van der Waals surface area contributed by atoms with Gasteiger partial charge in [-0.2, -0.15) is 5.26 Å². The number of carbonyl (C=O) groups is 1. The first kappa shape index (κ1) is 16.4. The smallest absolute Gasteiger partial charge is 0.150 e. The number of hydrogen-bond donors (Lipinski definition) is 1. The molecule has 21 heavy (non-hydrogen) atoms. The highest BCUT2D eigenvalue weighted by molar-refractivity contribution is 5.75. The van der Waals surface area contributed by atoms with Crippen LogP contribution in [0.1, 0.15) is 24.2 Å². The molecule has 0 fully saturated rings. The number of carbonyl (C=O) groups excluding carboxylic acids is 1. The van der Waals surface area contributed by atoms with Gasteiger partial charge in [0.25, 0.3) is 0 Å². The third-order valence-electron chi connectivity index (χ3n) is 2.25. The van der Waals surface area contributed by atoms with E-state index in [2.05, 4.69) is 0 Å². The van der Waals surface area contributed by atoms with Crippen LogP contribution in [0, 0.1) is 11.3 Å². The highest BCUT2D eigenvalue weighted by Crippen LogP contribution is 2.20. The molecular weight excluding hydrogens is 266 g/mol. The van der Waals surface area contributed by atoms with Crippen molar-refractivity contribution in [1.29, 1.82) is 5.26 Å². The number of nitrogens with zero attached hydrogens (tertiary/aromatic N) is 1. The van der Waals surface area contributed by atoms with E-state index < -0.39 is 5.60 Å². The van der Waals surface area contributed by atoms with E-state index in [1.165, 1.54) is 13.8 Å². The highest BCUT2D eigenvalue weighted by Gasteiger charge is 2.07. The molecule has 2 aromatic rings. The van der Waals surface area contributed by atoms with Crippen molar-refractivity contribution in [2.24, 2.45) is 0 Å². The van der Waals surface area contributed by atoms with Gasteiger partial charge in [-0.25, -0.2) is 0 Å². The number of hydrogen-bond acceptors (Lipinski definition) is 4. The Morgan fingerprint density at radius 2 is 1.67 bits per heavy atom. The first-order valence-corrected chi connectivity index (χ1v) is 6.36. The second kappa shape index (κ2) is 7.83. The van der Waals surface area contributed by atoms with Crippen LogP contribution in [-0.4, -0.2) is 17.0 Å². The molecule has 0 unspecified atom stereocenters. The van der Waals surface area contributed by atoms with Crippen LogP contribution in [0.25, 0.3) is 0 Å². The number of para-hydroxylation sites is 1. The molecule has 0 amide bonds. The maximum Gasteiger partial charge on any atom is 0.150 e. The quantitative estimate of drug-likeness (QED) is 0.690. The van der Waals surface area contributed by atoms with Crippen LogP contribution in [0.15, 0.2) is 54.6 Å². The molecule has 0 spiro atoms. The molecule has 0 bridgehead atoms. The number of ether oxygens (including phenoxy) is 1. The van der Waals surface area contributed by atoms with Gasteiger partial charge >= 0.3 is 0 Å². The second-order valence-corrected chi connectivity index (χ2v) is 4.78. The Hall–Kier alpha value is -2.64. The third-order valence-corrected chi connectivity index (χ3v) is 2.25. The lowest BCUT2D eigenvalue weighted by atomic mass is 10.2. The van der Waals surface area contributed by atoms with Gasteiger partial charge in [0.2, 0.25) is 0 Å². The SMILES string of the molecule is CC(C)(O)C#N.O=Cc1cccc(Oc2ccccc2)c1. The summed E-state index contributed by atoms with van der Waals surface area (Å²) in [5.74, 6) is 1.44. The topological polar surface area (TPSA) is 70.3 Å². The van der Waals surface area contributed by atoms with Crippen LogP contribution in [0.5, 0.6) is 11.5 Å². The van der Waals surface area contributed by atoms with Crippen molar-refractivity contribution in [2.75, 3.05) is 0 Å². The number of benzene rings is 2. The fourth-order valence-electron chi connectivity index (χ4n) is 1.28. The van der Waals surface area contributed by atoms with Gasteiger partial charge in [-0.15, -0.1) is 0 Å². The summed E-state index contributed by atoms with van der Waals surface area (Å²) in [6.07, 6.45) is 0.803. The van der Waals surface area contributed by atoms with Crippen LogP contribution in [0.3, 0.4) is 0 Å². The fraction of sp³-hybridized carbons (Fsp3) is 0.176. The maximum atomic E-state index is 10.6. The van der Waals surface area contributed by atoms with Gasteiger partial charge in [0.1, 0.15) is 23.4 Å². The molecule has 1 N–H and O–H groups in total. The Bertz CT molecular complexity index is 610. The second-order valence-electron chi connectivity index (χ2n) is 4.78. The molecule has 0 saturated carbocycles. The van der Waals surface area contributed by atoms with Crippen molar-refractivity contribution in [1.82, 2.24) is 0 Å². The molecular formula is C17H17NO3. The Kier molecular flexibility index (Phi) is 6.12. The van der Waals surface area contributed by atoms with Crippen molar-refractivity contribution in [3.05, 3.63) is 60.2 Å². The zero-order chi connectivity index (χ0) is 15.7. The summed E-state index contributed by atoms with van der Waals surface area (Å²) in [5.41, 5.74) is -0.538. The summed E-state index contributed by atoms with van der Waals surface area (Å²) >= 11 is 0. The standard InChI is InChI=1S/C13H10O2.C4H7NO/c14-10-11-5-4-8-13(9-11)15-12-6-2-1-3-7-12;1-4(2,6)3-5/h1-10H;6H,1-2H3. The van der Waals surface area contributed by atoms with E-state index >= 15 is 0 Å². The van der Waals surface area contributed by atoms with Crippen LogP contribution >= 0.6 is 0 Å². The first-order valence-electron chi connectivity index (χ1n) is 6.36. The molecule has 0 saturated heterocycles. The van der Waals surface area contributed by atoms with E-state index in [0.717, 1.165) is 12.0 Å². The molecule has 0 aliphatic heterocycles. The molecule has 2 rings (SSSR count). The fourth-order valence-corrected chi connectivity index (χ4v) is 1.28. The summed E-state index contributed by atoms with van der Waals surface area (Å²) in [6.45, 7) is 2.88. The zero-order valence-corrected chi connectivity index (χ0v) is 12.0. The van der Waals surface area contributed by atoms with E-state index in [4.69, 9.17) is 15.1 Å². The van der Waals surface area contributed by atoms with E-state index in [-0.39, 0.29) is 0 Å². The maximum absolute atomic E-state index is 10.6. The normalized spacial score (nSPS) is 9.81. The van der Waals surface area contributed by atoms with Gasteiger partial charge in [-0.1, -0.05) is 30.3 Å². The van der Waals surface area contributed by atoms with Gasteiger partial charge in [0.05, 0.1) is 6.07 Å². The van der Waals surface area contributed by atoms with Crippen molar-refractivity contribution < 1.29 is 14.6 Å². The van der Waals surface area contributed by atoms with Crippen molar-refractivity contribution in [3.8, 4) is 17.6 Å². The molecule has 108 valence electrons. The van der Waals surface area contributed by atoms with Gasteiger partial charge in [0, 0.05) is 5.56 Å². The summed E-state index contributed by atoms with van der Waals surface area (Å²) in [6, 6.07) is 18.2. The minimum atomic E-state index is -1.15. The number of aliphatic hydroxyl groups is 1. The lowest BCUT2D eigenvalue weighted by Crippen LogP contribution is -2.13. The summed E-state index contributed by atoms with van der Waals surface area (Å²) in [7, 11) is 0. The summed E-state index contributed by atoms with van der Waals surface area (Å²) in [4.78, 5) is 10.6. The largest absolute Gasteiger partial charge is 0.457 e. The summed E-state index contributed by atoms with van der Waals surface area (Å²) in [5, 5.41) is 16.4. The minimum Gasteiger partial charge on any atom is -0.457 e. The van der Waals surface area contributed by atoms with E-state index in [1.807, 2.05) is 36.4 Å². The number of rotatable bonds is 3. The van der Waals surface area contributed by atoms with Crippen LogP contribution in [0.4, 0.5) is 0 Å². The minimum absolute atomic E-state index is 0.614.